The van der Waals surface area contributed by atoms with Gasteiger partial charge in [-0.05, 0) is 24.1 Å². The molecule has 0 saturated heterocycles. The van der Waals surface area contributed by atoms with Crippen molar-refractivity contribution in [3.05, 3.63) is 51.4 Å². The smallest absolute Gasteiger partial charge is 0.270 e. The van der Waals surface area contributed by atoms with E-state index >= 15 is 0 Å². The molecule has 6 heteroatoms. The number of aromatic amines is 1. The average Bonchev–Trinajstić information content (AvgIpc) is 2.81. The number of hydrogen-bond donors (Lipinski definition) is 2. The minimum Gasteiger partial charge on any atom is -0.399 e. The van der Waals surface area contributed by atoms with Crippen molar-refractivity contribution in [2.24, 2.45) is 0 Å². The lowest BCUT2D eigenvalue weighted by atomic mass is 10.1. The van der Waals surface area contributed by atoms with Gasteiger partial charge in [0.15, 0.2) is 0 Å². The Labute approximate surface area is 129 Å². The van der Waals surface area contributed by atoms with Crippen LogP contribution in [-0.2, 0) is 30.8 Å². The molecule has 2 aromatic rings. The number of methoxy groups -OCH3 is 1. The number of nitrogens with zero attached hydrogens (tertiary/aromatic N) is 2. The van der Waals surface area contributed by atoms with Crippen LogP contribution in [0, 0.1) is 0 Å². The lowest BCUT2D eigenvalue weighted by Crippen LogP contribution is -2.31. The summed E-state index contributed by atoms with van der Waals surface area (Å²) in [7, 11) is 1.64. The van der Waals surface area contributed by atoms with E-state index in [1.165, 1.54) is 5.56 Å². The van der Waals surface area contributed by atoms with Crippen LogP contribution in [0.3, 0.4) is 0 Å². The zero-order chi connectivity index (χ0) is 15.5. The highest BCUT2D eigenvalue weighted by Crippen LogP contribution is 2.17. The first-order chi connectivity index (χ1) is 10.7. The second kappa shape index (κ2) is 6.37. The number of anilines is 1. The summed E-state index contributed by atoms with van der Waals surface area (Å²) in [5.74, 6) is 0. The van der Waals surface area contributed by atoms with Crippen molar-refractivity contribution >= 4 is 5.69 Å². The van der Waals surface area contributed by atoms with Gasteiger partial charge in [-0.3, -0.25) is 19.5 Å². The number of nitrogen functional groups attached to an aromatic ring is 1. The van der Waals surface area contributed by atoms with Gasteiger partial charge in [0.05, 0.1) is 18.8 Å². The van der Waals surface area contributed by atoms with E-state index in [4.69, 9.17) is 10.5 Å². The van der Waals surface area contributed by atoms with E-state index in [9.17, 15) is 4.79 Å². The summed E-state index contributed by atoms with van der Waals surface area (Å²) in [6, 6.07) is 7.95. The topological polar surface area (TPSA) is 76.3 Å². The molecule has 0 radical (unpaired) electrons. The molecule has 0 amide bonds. The number of aromatic nitrogens is 2. The fourth-order valence-electron chi connectivity index (χ4n) is 2.96. The Morgan fingerprint density at radius 1 is 1.41 bits per heavy atom. The monoisotopic (exact) mass is 302 g/mol. The van der Waals surface area contributed by atoms with Crippen molar-refractivity contribution in [1.29, 1.82) is 0 Å². The largest absolute Gasteiger partial charge is 0.399 e. The molecule has 0 atom stereocenters. The minimum atomic E-state index is 0.0932. The zero-order valence-electron chi connectivity index (χ0n) is 12.8. The van der Waals surface area contributed by atoms with E-state index in [-0.39, 0.29) is 5.56 Å². The molecule has 1 aliphatic heterocycles. The van der Waals surface area contributed by atoms with Crippen LogP contribution in [0.5, 0.6) is 0 Å². The van der Waals surface area contributed by atoms with Gasteiger partial charge in [0, 0.05) is 38.0 Å². The molecule has 3 rings (SSSR count). The Kier molecular flexibility index (Phi) is 4.31. The highest BCUT2D eigenvalue weighted by molar-refractivity contribution is 5.40. The number of hydrogen-bond acceptors (Lipinski definition) is 4. The molecule has 6 nitrogen and oxygen atoms in total. The van der Waals surface area contributed by atoms with Crippen LogP contribution in [0.1, 0.15) is 16.8 Å². The molecular weight excluding hydrogens is 280 g/mol. The molecule has 0 aliphatic carbocycles. The summed E-state index contributed by atoms with van der Waals surface area (Å²) in [6.07, 6.45) is 0.785. The fourth-order valence-corrected chi connectivity index (χ4v) is 2.96. The Morgan fingerprint density at radius 2 is 2.27 bits per heavy atom. The standard InChI is InChI=1S/C16H22N4O2/c1-22-8-7-20-16(21)14-5-6-19(11-15(14)18-20)10-12-3-2-4-13(17)9-12/h2-4,9,18H,5-8,10-11,17H2,1H3. The van der Waals surface area contributed by atoms with Gasteiger partial charge < -0.3 is 10.5 Å². The zero-order valence-corrected chi connectivity index (χ0v) is 12.8. The van der Waals surface area contributed by atoms with Crippen LogP contribution in [0.4, 0.5) is 5.69 Å². The fraction of sp³-hybridized carbons (Fsp3) is 0.438. The highest BCUT2D eigenvalue weighted by atomic mass is 16.5. The molecule has 0 bridgehead atoms. The summed E-state index contributed by atoms with van der Waals surface area (Å²) < 4.78 is 6.69. The van der Waals surface area contributed by atoms with Gasteiger partial charge in [-0.15, -0.1) is 0 Å². The molecule has 1 aromatic carbocycles. The second-order valence-corrected chi connectivity index (χ2v) is 5.72. The summed E-state index contributed by atoms with van der Waals surface area (Å²) in [6.45, 7) is 3.60. The summed E-state index contributed by atoms with van der Waals surface area (Å²) in [4.78, 5) is 14.6. The van der Waals surface area contributed by atoms with Crippen molar-refractivity contribution in [1.82, 2.24) is 14.7 Å². The third kappa shape index (κ3) is 3.08. The van der Waals surface area contributed by atoms with E-state index in [1.807, 2.05) is 18.2 Å². The number of nitrogens with one attached hydrogen (secondary N) is 1. The van der Waals surface area contributed by atoms with Crippen molar-refractivity contribution in [2.75, 3.05) is 26.0 Å². The SMILES string of the molecule is COCCn1[nH]c2c(c1=O)CCN(Cc1cccc(N)c1)C2. The van der Waals surface area contributed by atoms with Crippen molar-refractivity contribution in [2.45, 2.75) is 26.1 Å². The Bertz CT molecular complexity index is 704. The van der Waals surface area contributed by atoms with Crippen LogP contribution in [0.15, 0.2) is 29.1 Å². The Hall–Kier alpha value is -2.05. The van der Waals surface area contributed by atoms with E-state index in [2.05, 4.69) is 16.1 Å². The van der Waals surface area contributed by atoms with Crippen molar-refractivity contribution in [3.8, 4) is 0 Å². The van der Waals surface area contributed by atoms with Gasteiger partial charge in [0.1, 0.15) is 0 Å². The highest BCUT2D eigenvalue weighted by Gasteiger charge is 2.22. The number of benzene rings is 1. The lowest BCUT2D eigenvalue weighted by molar-refractivity contribution is 0.182. The molecule has 22 heavy (non-hydrogen) atoms. The first-order valence-corrected chi connectivity index (χ1v) is 7.53. The number of fused-ring (bicyclic) bond motifs is 1. The maximum absolute atomic E-state index is 12.3. The van der Waals surface area contributed by atoms with Gasteiger partial charge >= 0.3 is 0 Å². The van der Waals surface area contributed by atoms with Gasteiger partial charge in [-0.2, -0.15) is 0 Å². The first-order valence-electron chi connectivity index (χ1n) is 7.53. The summed E-state index contributed by atoms with van der Waals surface area (Å²) in [5.41, 5.74) is 9.85. The molecule has 0 spiro atoms. The number of nitrogens with two attached hydrogens (primary N) is 1. The lowest BCUT2D eigenvalue weighted by Gasteiger charge is -2.26. The third-order valence-corrected chi connectivity index (χ3v) is 4.07. The summed E-state index contributed by atoms with van der Waals surface area (Å²) >= 11 is 0. The van der Waals surface area contributed by atoms with Crippen LogP contribution in [-0.4, -0.2) is 34.9 Å². The van der Waals surface area contributed by atoms with Crippen LogP contribution in [0.25, 0.3) is 0 Å². The maximum Gasteiger partial charge on any atom is 0.270 e. The third-order valence-electron chi connectivity index (χ3n) is 4.07. The molecule has 3 N–H and O–H groups in total. The van der Waals surface area contributed by atoms with Gasteiger partial charge in [-0.1, -0.05) is 12.1 Å². The van der Waals surface area contributed by atoms with Gasteiger partial charge in [0.2, 0.25) is 0 Å². The molecular formula is C16H22N4O2. The second-order valence-electron chi connectivity index (χ2n) is 5.72. The van der Waals surface area contributed by atoms with E-state index in [1.54, 1.807) is 11.8 Å². The number of H-pyrrole nitrogens is 1. The van der Waals surface area contributed by atoms with Crippen molar-refractivity contribution < 1.29 is 4.74 Å². The van der Waals surface area contributed by atoms with E-state index in [0.29, 0.717) is 13.2 Å². The molecule has 1 aliphatic rings. The predicted octanol–water partition coefficient (Wildman–Crippen LogP) is 0.963. The molecule has 0 unspecified atom stereocenters. The number of rotatable bonds is 5. The first kappa shape index (κ1) is 14.9. The van der Waals surface area contributed by atoms with Crippen LogP contribution >= 0.6 is 0 Å². The molecule has 0 fully saturated rings. The predicted molar refractivity (Wildman–Crippen MR) is 85.6 cm³/mol. The average molecular weight is 302 g/mol. The molecule has 0 saturated carbocycles. The van der Waals surface area contributed by atoms with Crippen LogP contribution < -0.4 is 11.3 Å². The van der Waals surface area contributed by atoms with Gasteiger partial charge in [-0.25, -0.2) is 0 Å². The van der Waals surface area contributed by atoms with Crippen molar-refractivity contribution in [3.63, 3.8) is 0 Å². The van der Waals surface area contributed by atoms with Crippen LogP contribution in [0.2, 0.25) is 0 Å². The van der Waals surface area contributed by atoms with E-state index < -0.39 is 0 Å². The Balaban J connectivity index is 1.72. The van der Waals surface area contributed by atoms with E-state index in [0.717, 1.165) is 43.0 Å². The molecule has 1 aromatic heterocycles. The molecule has 2 heterocycles. The normalized spacial score (nSPS) is 15.0. The minimum absolute atomic E-state index is 0.0932. The molecule has 118 valence electrons. The quantitative estimate of drug-likeness (QED) is 0.807. The maximum atomic E-state index is 12.3. The number of ether oxygens (including phenoxy) is 1. The Morgan fingerprint density at radius 3 is 3.05 bits per heavy atom. The summed E-state index contributed by atoms with van der Waals surface area (Å²) in [5, 5.41) is 3.22. The van der Waals surface area contributed by atoms with Gasteiger partial charge in [0.25, 0.3) is 5.56 Å².